The molecule has 1 N–H and O–H groups in total. The molecular formula is C17H23NO6S. The van der Waals surface area contributed by atoms with Crippen LogP contribution in [-0.2, 0) is 19.6 Å². The Balaban J connectivity index is 2.41. The maximum absolute atomic E-state index is 13.0. The Kier molecular flexibility index (Phi) is 5.84. The number of ether oxygens (including phenoxy) is 1. The SMILES string of the molecule is CCOC(=O)c1cc(S(=O)(=O)N2CCC[C@H](C(=O)O)[C@@H]2C)ccc1C. The van der Waals surface area contributed by atoms with E-state index in [1.54, 1.807) is 26.8 Å². The molecule has 0 aromatic heterocycles. The summed E-state index contributed by atoms with van der Waals surface area (Å²) in [5.41, 5.74) is 0.815. The molecule has 138 valence electrons. The molecule has 0 radical (unpaired) electrons. The van der Waals surface area contributed by atoms with Crippen LogP contribution in [0.1, 0.15) is 42.6 Å². The lowest BCUT2D eigenvalue weighted by Gasteiger charge is -2.36. The second-order valence-electron chi connectivity index (χ2n) is 6.14. The van der Waals surface area contributed by atoms with Crippen LogP contribution in [0, 0.1) is 12.8 Å². The fourth-order valence-electron chi connectivity index (χ4n) is 3.11. The van der Waals surface area contributed by atoms with Crippen LogP contribution in [0.5, 0.6) is 0 Å². The number of carboxylic acid groups (broad SMARTS) is 1. The van der Waals surface area contributed by atoms with Crippen molar-refractivity contribution in [3.8, 4) is 0 Å². The number of carboxylic acids is 1. The Hall–Kier alpha value is -1.93. The van der Waals surface area contributed by atoms with Gasteiger partial charge in [0.1, 0.15) is 0 Å². The van der Waals surface area contributed by atoms with Crippen molar-refractivity contribution in [2.24, 2.45) is 5.92 Å². The van der Waals surface area contributed by atoms with E-state index in [4.69, 9.17) is 4.74 Å². The van der Waals surface area contributed by atoms with E-state index in [1.807, 2.05) is 0 Å². The van der Waals surface area contributed by atoms with Crippen LogP contribution in [0.25, 0.3) is 0 Å². The van der Waals surface area contributed by atoms with Crippen molar-refractivity contribution in [2.75, 3.05) is 13.2 Å². The summed E-state index contributed by atoms with van der Waals surface area (Å²) < 4.78 is 32.2. The molecule has 1 aromatic rings. The lowest BCUT2D eigenvalue weighted by atomic mass is 9.92. The van der Waals surface area contributed by atoms with Crippen LogP contribution in [0.15, 0.2) is 23.1 Å². The van der Waals surface area contributed by atoms with Gasteiger partial charge in [0.15, 0.2) is 0 Å². The molecule has 1 aliphatic rings. The molecule has 25 heavy (non-hydrogen) atoms. The van der Waals surface area contributed by atoms with Crippen LogP contribution in [0.3, 0.4) is 0 Å². The van der Waals surface area contributed by atoms with Gasteiger partial charge in [-0.25, -0.2) is 13.2 Å². The highest BCUT2D eigenvalue weighted by atomic mass is 32.2. The maximum atomic E-state index is 13.0. The van der Waals surface area contributed by atoms with E-state index in [1.165, 1.54) is 16.4 Å². The van der Waals surface area contributed by atoms with E-state index in [9.17, 15) is 23.1 Å². The van der Waals surface area contributed by atoms with Crippen molar-refractivity contribution in [3.05, 3.63) is 29.3 Å². The zero-order chi connectivity index (χ0) is 18.8. The van der Waals surface area contributed by atoms with Crippen LogP contribution in [-0.4, -0.2) is 49.0 Å². The standard InChI is InChI=1S/C17H23NO6S/c1-4-24-17(21)15-10-13(8-7-11(15)2)25(22,23)18-9-5-6-14(12(18)3)16(19)20/h7-8,10,12,14H,4-6,9H2,1-3H3,(H,19,20)/t12-,14-/m0/s1. The topological polar surface area (TPSA) is 101 Å². The van der Waals surface area contributed by atoms with E-state index in [0.29, 0.717) is 18.4 Å². The van der Waals surface area contributed by atoms with Gasteiger partial charge in [-0.1, -0.05) is 6.07 Å². The molecule has 0 spiro atoms. The zero-order valence-corrected chi connectivity index (χ0v) is 15.4. The third kappa shape index (κ3) is 3.85. The summed E-state index contributed by atoms with van der Waals surface area (Å²) in [5, 5.41) is 9.29. The number of carbonyl (C=O) groups excluding carboxylic acids is 1. The third-order valence-corrected chi connectivity index (χ3v) is 6.54. The van der Waals surface area contributed by atoms with Gasteiger partial charge in [-0.15, -0.1) is 0 Å². The molecule has 0 bridgehead atoms. The smallest absolute Gasteiger partial charge is 0.338 e. The van der Waals surface area contributed by atoms with Gasteiger partial charge in [-0.3, -0.25) is 4.79 Å². The fraction of sp³-hybridized carbons (Fsp3) is 0.529. The second-order valence-corrected chi connectivity index (χ2v) is 8.03. The first-order valence-corrected chi connectivity index (χ1v) is 9.66. The summed E-state index contributed by atoms with van der Waals surface area (Å²) in [5.74, 6) is -2.31. The number of sulfonamides is 1. The Labute approximate surface area is 147 Å². The Morgan fingerprint density at radius 2 is 2.04 bits per heavy atom. The molecule has 0 amide bonds. The maximum Gasteiger partial charge on any atom is 0.338 e. The molecule has 0 aliphatic carbocycles. The van der Waals surface area contributed by atoms with Gasteiger partial charge in [0, 0.05) is 12.6 Å². The van der Waals surface area contributed by atoms with Crippen LogP contribution in [0.4, 0.5) is 0 Å². The predicted molar refractivity (Wildman–Crippen MR) is 90.8 cm³/mol. The highest BCUT2D eigenvalue weighted by molar-refractivity contribution is 7.89. The van der Waals surface area contributed by atoms with Gasteiger partial charge in [0.2, 0.25) is 10.0 Å². The molecule has 1 fully saturated rings. The quantitative estimate of drug-likeness (QED) is 0.797. The Morgan fingerprint density at radius 1 is 1.36 bits per heavy atom. The van der Waals surface area contributed by atoms with Gasteiger partial charge >= 0.3 is 11.9 Å². The average Bonchev–Trinajstić information content (AvgIpc) is 2.54. The monoisotopic (exact) mass is 369 g/mol. The van der Waals surface area contributed by atoms with E-state index in [-0.39, 0.29) is 23.6 Å². The second kappa shape index (κ2) is 7.53. The van der Waals surface area contributed by atoms with Crippen molar-refractivity contribution in [1.29, 1.82) is 0 Å². The summed E-state index contributed by atoms with van der Waals surface area (Å²) in [6.07, 6.45) is 0.932. The van der Waals surface area contributed by atoms with Crippen molar-refractivity contribution in [3.63, 3.8) is 0 Å². The number of hydrogen-bond acceptors (Lipinski definition) is 5. The van der Waals surface area contributed by atoms with Gasteiger partial charge in [0.05, 0.1) is 23.0 Å². The Morgan fingerprint density at radius 3 is 2.64 bits per heavy atom. The van der Waals surface area contributed by atoms with Crippen molar-refractivity contribution in [2.45, 2.75) is 44.6 Å². The number of aryl methyl sites for hydroxylation is 1. The first kappa shape index (κ1) is 19.4. The summed E-state index contributed by atoms with van der Waals surface area (Å²) >= 11 is 0. The number of benzene rings is 1. The lowest BCUT2D eigenvalue weighted by Crippen LogP contribution is -2.49. The fourth-order valence-corrected chi connectivity index (χ4v) is 4.84. The first-order valence-electron chi connectivity index (χ1n) is 8.22. The molecule has 2 atom stereocenters. The van der Waals surface area contributed by atoms with E-state index >= 15 is 0 Å². The van der Waals surface area contributed by atoms with Gasteiger partial charge < -0.3 is 9.84 Å². The number of aliphatic carboxylic acids is 1. The minimum absolute atomic E-state index is 0.0287. The first-order chi connectivity index (χ1) is 11.7. The van der Waals surface area contributed by atoms with Crippen molar-refractivity contribution < 1.29 is 27.9 Å². The minimum atomic E-state index is -3.90. The lowest BCUT2D eigenvalue weighted by molar-refractivity contribution is -0.144. The van der Waals surface area contributed by atoms with Crippen LogP contribution < -0.4 is 0 Å². The van der Waals surface area contributed by atoms with Crippen molar-refractivity contribution in [1.82, 2.24) is 4.31 Å². The predicted octanol–water partition coefficient (Wildman–Crippen LogP) is 2.05. The average molecular weight is 369 g/mol. The molecule has 0 unspecified atom stereocenters. The van der Waals surface area contributed by atoms with Crippen LogP contribution >= 0.6 is 0 Å². The molecule has 8 heteroatoms. The van der Waals surface area contributed by atoms with Gasteiger partial charge in [0.25, 0.3) is 0 Å². The van der Waals surface area contributed by atoms with Gasteiger partial charge in [-0.2, -0.15) is 4.31 Å². The summed E-state index contributed by atoms with van der Waals surface area (Å²) in [6, 6.07) is 3.65. The van der Waals surface area contributed by atoms with E-state index in [0.717, 1.165) is 0 Å². The van der Waals surface area contributed by atoms with E-state index < -0.39 is 33.9 Å². The summed E-state index contributed by atoms with van der Waals surface area (Å²) in [6.45, 7) is 5.44. The van der Waals surface area contributed by atoms with Crippen molar-refractivity contribution >= 4 is 22.0 Å². The largest absolute Gasteiger partial charge is 0.481 e. The molecule has 0 saturated carbocycles. The molecule has 1 heterocycles. The van der Waals surface area contributed by atoms with E-state index in [2.05, 4.69) is 0 Å². The highest BCUT2D eigenvalue weighted by Crippen LogP contribution is 2.30. The number of piperidine rings is 1. The molecule has 1 saturated heterocycles. The molecule has 7 nitrogen and oxygen atoms in total. The minimum Gasteiger partial charge on any atom is -0.481 e. The zero-order valence-electron chi connectivity index (χ0n) is 14.6. The normalized spacial score (nSPS) is 21.7. The molecular weight excluding hydrogens is 346 g/mol. The number of esters is 1. The number of hydrogen-bond donors (Lipinski definition) is 1. The molecule has 1 aliphatic heterocycles. The number of rotatable bonds is 5. The van der Waals surface area contributed by atoms with Gasteiger partial charge in [-0.05, 0) is 51.3 Å². The molecule has 1 aromatic carbocycles. The highest BCUT2D eigenvalue weighted by Gasteiger charge is 2.39. The number of nitrogens with zero attached hydrogens (tertiary/aromatic N) is 1. The Bertz CT molecular complexity index is 773. The summed E-state index contributed by atoms with van der Waals surface area (Å²) in [7, 11) is -3.90. The third-order valence-electron chi connectivity index (χ3n) is 4.56. The number of carbonyl (C=O) groups is 2. The van der Waals surface area contributed by atoms with Crippen LogP contribution in [0.2, 0.25) is 0 Å². The summed E-state index contributed by atoms with van der Waals surface area (Å²) in [4.78, 5) is 23.3. The molecule has 2 rings (SSSR count).